The molecule has 2 heterocycles. The summed E-state index contributed by atoms with van der Waals surface area (Å²) in [5.74, 6) is 1.84. The van der Waals surface area contributed by atoms with Gasteiger partial charge in [-0.25, -0.2) is 9.97 Å². The number of nitrogens with one attached hydrogen (secondary N) is 1. The zero-order valence-electron chi connectivity index (χ0n) is 12.3. The van der Waals surface area contributed by atoms with Crippen LogP contribution < -0.4 is 5.32 Å². The number of aromatic nitrogens is 4. The summed E-state index contributed by atoms with van der Waals surface area (Å²) in [5.41, 5.74) is 1.95. The Hall–Kier alpha value is -1.43. The zero-order chi connectivity index (χ0) is 14.7. The highest BCUT2D eigenvalue weighted by Crippen LogP contribution is 2.31. The summed E-state index contributed by atoms with van der Waals surface area (Å²) in [4.78, 5) is 9.23. The normalized spacial score (nSPS) is 11.1. The molecular formula is C14H20BrN5. The van der Waals surface area contributed by atoms with Gasteiger partial charge in [-0.05, 0) is 28.3 Å². The lowest BCUT2D eigenvalue weighted by Crippen LogP contribution is -2.04. The molecule has 0 aromatic carbocycles. The lowest BCUT2D eigenvalue weighted by Gasteiger charge is -2.12. The van der Waals surface area contributed by atoms with E-state index >= 15 is 0 Å². The molecule has 0 saturated heterocycles. The third-order valence-electron chi connectivity index (χ3n) is 3.00. The Morgan fingerprint density at radius 3 is 2.70 bits per heavy atom. The molecule has 0 amide bonds. The molecule has 0 aliphatic carbocycles. The number of halogens is 1. The van der Waals surface area contributed by atoms with Gasteiger partial charge in [0.05, 0.1) is 21.9 Å². The van der Waals surface area contributed by atoms with Crippen LogP contribution in [0.25, 0.3) is 11.4 Å². The number of hydrogen-bond acceptors (Lipinski definition) is 4. The molecule has 0 spiro atoms. The average Bonchev–Trinajstić information content (AvgIpc) is 2.87. The van der Waals surface area contributed by atoms with Gasteiger partial charge in [-0.3, -0.25) is 4.68 Å². The third-order valence-corrected chi connectivity index (χ3v) is 3.79. The van der Waals surface area contributed by atoms with E-state index in [-0.39, 0.29) is 0 Å². The Balaban J connectivity index is 2.47. The summed E-state index contributed by atoms with van der Waals surface area (Å²) >= 11 is 3.57. The first-order valence-electron chi connectivity index (χ1n) is 6.84. The highest BCUT2D eigenvalue weighted by Gasteiger charge is 2.16. The molecule has 0 radical (unpaired) electrons. The molecule has 0 unspecified atom stereocenters. The Morgan fingerprint density at radius 2 is 2.10 bits per heavy atom. The second-order valence-electron chi connectivity index (χ2n) is 4.99. The van der Waals surface area contributed by atoms with Gasteiger partial charge < -0.3 is 5.32 Å². The molecule has 0 fully saturated rings. The van der Waals surface area contributed by atoms with Gasteiger partial charge in [-0.2, -0.15) is 5.10 Å². The molecule has 2 aromatic rings. The summed E-state index contributed by atoms with van der Waals surface area (Å²) in [6, 6.07) is 0. The van der Waals surface area contributed by atoms with Crippen LogP contribution in [0.3, 0.4) is 0 Å². The van der Waals surface area contributed by atoms with Crippen LogP contribution in [0.2, 0.25) is 0 Å². The first-order chi connectivity index (χ1) is 9.56. The van der Waals surface area contributed by atoms with Crippen molar-refractivity contribution in [2.24, 2.45) is 0 Å². The Labute approximate surface area is 128 Å². The monoisotopic (exact) mass is 337 g/mol. The minimum Gasteiger partial charge on any atom is -0.372 e. The third kappa shape index (κ3) is 3.00. The van der Waals surface area contributed by atoms with Gasteiger partial charge in [0.25, 0.3) is 0 Å². The minimum absolute atomic E-state index is 0.323. The Kier molecular flexibility index (Phi) is 4.75. The van der Waals surface area contributed by atoms with E-state index in [1.54, 1.807) is 0 Å². The lowest BCUT2D eigenvalue weighted by molar-refractivity contribution is 0.603. The molecule has 108 valence electrons. The number of aryl methyl sites for hydroxylation is 1. The summed E-state index contributed by atoms with van der Waals surface area (Å²) in [6.07, 6.45) is 4.88. The van der Waals surface area contributed by atoms with Crippen molar-refractivity contribution in [3.05, 3.63) is 22.6 Å². The number of rotatable bonds is 5. The molecule has 2 rings (SSSR count). The average molecular weight is 338 g/mol. The predicted molar refractivity (Wildman–Crippen MR) is 84.9 cm³/mol. The van der Waals surface area contributed by atoms with Crippen LogP contribution in [0.1, 0.15) is 38.8 Å². The minimum atomic E-state index is 0.323. The van der Waals surface area contributed by atoms with Gasteiger partial charge in [0, 0.05) is 19.8 Å². The summed E-state index contributed by atoms with van der Waals surface area (Å²) in [6.45, 7) is 7.29. The predicted octanol–water partition coefficient (Wildman–Crippen LogP) is 3.68. The summed E-state index contributed by atoms with van der Waals surface area (Å²) in [7, 11) is 1.86. The van der Waals surface area contributed by atoms with Crippen molar-refractivity contribution in [2.45, 2.75) is 39.7 Å². The van der Waals surface area contributed by atoms with Crippen molar-refractivity contribution < 1.29 is 0 Å². The van der Waals surface area contributed by atoms with E-state index in [1.807, 2.05) is 24.1 Å². The first-order valence-corrected chi connectivity index (χ1v) is 7.64. The van der Waals surface area contributed by atoms with Crippen molar-refractivity contribution in [1.82, 2.24) is 19.7 Å². The van der Waals surface area contributed by atoms with E-state index < -0.39 is 0 Å². The largest absolute Gasteiger partial charge is 0.372 e. The Bertz CT molecular complexity index is 591. The van der Waals surface area contributed by atoms with Crippen LogP contribution in [0.15, 0.2) is 16.9 Å². The molecule has 0 aliphatic rings. The highest BCUT2D eigenvalue weighted by molar-refractivity contribution is 9.10. The van der Waals surface area contributed by atoms with E-state index in [2.05, 4.69) is 57.1 Å². The zero-order valence-corrected chi connectivity index (χ0v) is 13.9. The summed E-state index contributed by atoms with van der Waals surface area (Å²) in [5, 5.41) is 7.45. The SMILES string of the molecule is CCCn1cc(-c2nc(NC)c(Br)c(C(C)C)n2)cn1. The molecule has 5 nitrogen and oxygen atoms in total. The molecule has 20 heavy (non-hydrogen) atoms. The van der Waals surface area contributed by atoms with Crippen molar-refractivity contribution in [2.75, 3.05) is 12.4 Å². The molecule has 2 aromatic heterocycles. The maximum Gasteiger partial charge on any atom is 0.165 e. The molecule has 0 atom stereocenters. The first kappa shape index (κ1) is 15.0. The molecule has 0 bridgehead atoms. The van der Waals surface area contributed by atoms with Crippen LogP contribution in [-0.4, -0.2) is 26.8 Å². The van der Waals surface area contributed by atoms with Crippen molar-refractivity contribution in [3.63, 3.8) is 0 Å². The smallest absolute Gasteiger partial charge is 0.165 e. The molecule has 6 heteroatoms. The fourth-order valence-corrected chi connectivity index (χ4v) is 2.81. The van der Waals surface area contributed by atoms with Gasteiger partial charge in [0.2, 0.25) is 0 Å². The molecule has 0 aliphatic heterocycles. The topological polar surface area (TPSA) is 55.6 Å². The molecular weight excluding hydrogens is 318 g/mol. The maximum absolute atomic E-state index is 4.67. The number of nitrogens with zero attached hydrogens (tertiary/aromatic N) is 4. The number of anilines is 1. The van der Waals surface area contributed by atoms with Crippen LogP contribution in [0.5, 0.6) is 0 Å². The van der Waals surface area contributed by atoms with Gasteiger partial charge in [-0.15, -0.1) is 0 Å². The van der Waals surface area contributed by atoms with Gasteiger partial charge in [0.15, 0.2) is 5.82 Å². The fourth-order valence-electron chi connectivity index (χ4n) is 1.97. The van der Waals surface area contributed by atoms with Crippen LogP contribution in [0, 0.1) is 0 Å². The molecule has 0 saturated carbocycles. The van der Waals surface area contributed by atoms with Gasteiger partial charge >= 0.3 is 0 Å². The van der Waals surface area contributed by atoms with E-state index in [4.69, 9.17) is 0 Å². The molecule has 1 N–H and O–H groups in total. The lowest BCUT2D eigenvalue weighted by atomic mass is 10.1. The van der Waals surface area contributed by atoms with Crippen LogP contribution in [-0.2, 0) is 6.54 Å². The number of hydrogen-bond donors (Lipinski definition) is 1. The van der Waals surface area contributed by atoms with E-state index in [1.165, 1.54) is 0 Å². The van der Waals surface area contributed by atoms with E-state index in [0.29, 0.717) is 11.7 Å². The second kappa shape index (κ2) is 6.35. The quantitative estimate of drug-likeness (QED) is 0.904. The van der Waals surface area contributed by atoms with Crippen molar-refractivity contribution in [1.29, 1.82) is 0 Å². The van der Waals surface area contributed by atoms with E-state index in [9.17, 15) is 0 Å². The van der Waals surface area contributed by atoms with Crippen LogP contribution >= 0.6 is 15.9 Å². The maximum atomic E-state index is 4.67. The van der Waals surface area contributed by atoms with E-state index in [0.717, 1.165) is 34.5 Å². The van der Waals surface area contributed by atoms with Crippen molar-refractivity contribution in [3.8, 4) is 11.4 Å². The van der Waals surface area contributed by atoms with Crippen molar-refractivity contribution >= 4 is 21.7 Å². The highest BCUT2D eigenvalue weighted by atomic mass is 79.9. The van der Waals surface area contributed by atoms with Crippen LogP contribution in [0.4, 0.5) is 5.82 Å². The summed E-state index contributed by atoms with van der Waals surface area (Å²) < 4.78 is 2.86. The Morgan fingerprint density at radius 1 is 1.35 bits per heavy atom. The fraction of sp³-hybridized carbons (Fsp3) is 0.500. The van der Waals surface area contributed by atoms with Gasteiger partial charge in [-0.1, -0.05) is 20.8 Å². The second-order valence-corrected chi connectivity index (χ2v) is 5.78. The van der Waals surface area contributed by atoms with Gasteiger partial charge in [0.1, 0.15) is 5.82 Å². The standard InChI is InChI=1S/C14H20BrN5/c1-5-6-20-8-10(7-17-20)13-18-12(9(2)3)11(15)14(16-4)19-13/h7-9H,5-6H2,1-4H3,(H,16,18,19).